The summed E-state index contributed by atoms with van der Waals surface area (Å²) in [6.07, 6.45) is 1.01. The first-order valence-electron chi connectivity index (χ1n) is 4.81. The van der Waals surface area contributed by atoms with Gasteiger partial charge in [0.2, 0.25) is 0 Å². The third kappa shape index (κ3) is 1.51. The normalized spacial score (nSPS) is 10.1. The number of fused-ring (bicyclic) bond motifs is 1. The molecule has 0 aliphatic heterocycles. The van der Waals surface area contributed by atoms with E-state index in [0.717, 1.165) is 13.0 Å². The van der Waals surface area contributed by atoms with Crippen LogP contribution in [-0.4, -0.2) is 9.78 Å². The van der Waals surface area contributed by atoms with Crippen LogP contribution < -0.4 is 6.15 Å². The average Bonchev–Trinajstić information content (AvgIpc) is 2.56. The highest BCUT2D eigenvalue weighted by atomic mass is 15.3. The molecule has 0 amide bonds. The predicted molar refractivity (Wildman–Crippen MR) is 59.8 cm³/mol. The van der Waals surface area contributed by atoms with E-state index < -0.39 is 0 Å². The zero-order valence-electron chi connectivity index (χ0n) is 8.83. The summed E-state index contributed by atoms with van der Waals surface area (Å²) in [5.41, 5.74) is 2.46. The standard InChI is InChI=1S/C11H14N2.H3N/c1-3-10-9-7-5-6-8-11(9)13(4-2)12-10;/h5-8H,3-4H2,1-2H3;1H3. The zero-order valence-corrected chi connectivity index (χ0v) is 8.83. The van der Waals surface area contributed by atoms with Crippen LogP contribution in [0.25, 0.3) is 10.9 Å². The largest absolute Gasteiger partial charge is 0.344 e. The van der Waals surface area contributed by atoms with E-state index in [4.69, 9.17) is 0 Å². The summed E-state index contributed by atoms with van der Waals surface area (Å²) in [7, 11) is 0. The molecule has 0 aliphatic rings. The minimum atomic E-state index is 0. The van der Waals surface area contributed by atoms with E-state index in [2.05, 4.69) is 47.9 Å². The van der Waals surface area contributed by atoms with Crippen molar-refractivity contribution in [1.82, 2.24) is 15.9 Å². The molecule has 0 bridgehead atoms. The second-order valence-electron chi connectivity index (χ2n) is 3.13. The molecule has 0 saturated carbocycles. The maximum absolute atomic E-state index is 4.54. The molecule has 0 saturated heterocycles. The summed E-state index contributed by atoms with van der Waals surface area (Å²) in [6, 6.07) is 8.41. The van der Waals surface area contributed by atoms with Crippen molar-refractivity contribution < 1.29 is 0 Å². The van der Waals surface area contributed by atoms with E-state index >= 15 is 0 Å². The number of hydrogen-bond donors (Lipinski definition) is 1. The first-order chi connectivity index (χ1) is 6.36. The molecule has 0 atom stereocenters. The van der Waals surface area contributed by atoms with Crippen molar-refractivity contribution in [2.45, 2.75) is 26.8 Å². The molecule has 14 heavy (non-hydrogen) atoms. The number of para-hydroxylation sites is 1. The van der Waals surface area contributed by atoms with Crippen LogP contribution in [-0.2, 0) is 13.0 Å². The molecule has 0 unspecified atom stereocenters. The number of hydrogen-bond acceptors (Lipinski definition) is 2. The minimum absolute atomic E-state index is 0. The smallest absolute Gasteiger partial charge is 0.0700 e. The van der Waals surface area contributed by atoms with Crippen molar-refractivity contribution in [1.29, 1.82) is 0 Å². The third-order valence-corrected chi connectivity index (χ3v) is 2.37. The van der Waals surface area contributed by atoms with E-state index in [0.29, 0.717) is 0 Å². The SMILES string of the molecule is CCc1nn(CC)c2ccccc12.N. The van der Waals surface area contributed by atoms with Crippen molar-refractivity contribution in [2.75, 3.05) is 0 Å². The second kappa shape index (κ2) is 4.24. The number of nitrogens with zero attached hydrogens (tertiary/aromatic N) is 2. The van der Waals surface area contributed by atoms with Crippen LogP contribution in [0.4, 0.5) is 0 Å². The number of benzene rings is 1. The Kier molecular flexibility index (Phi) is 3.25. The highest BCUT2D eigenvalue weighted by Crippen LogP contribution is 2.18. The van der Waals surface area contributed by atoms with Gasteiger partial charge in [-0.1, -0.05) is 25.1 Å². The summed E-state index contributed by atoms with van der Waals surface area (Å²) in [4.78, 5) is 0. The van der Waals surface area contributed by atoms with Crippen LogP contribution >= 0.6 is 0 Å². The first-order valence-corrected chi connectivity index (χ1v) is 4.81. The molecule has 1 aromatic carbocycles. The van der Waals surface area contributed by atoms with E-state index in [9.17, 15) is 0 Å². The zero-order chi connectivity index (χ0) is 9.26. The van der Waals surface area contributed by atoms with Gasteiger partial charge in [-0.25, -0.2) is 0 Å². The highest BCUT2D eigenvalue weighted by molar-refractivity contribution is 5.81. The van der Waals surface area contributed by atoms with Gasteiger partial charge in [0, 0.05) is 11.9 Å². The predicted octanol–water partition coefficient (Wildman–Crippen LogP) is 2.78. The highest BCUT2D eigenvalue weighted by Gasteiger charge is 2.05. The lowest BCUT2D eigenvalue weighted by Crippen LogP contribution is -1.96. The Hall–Kier alpha value is -1.35. The Balaban J connectivity index is 0.000000980. The Morgan fingerprint density at radius 2 is 1.93 bits per heavy atom. The summed E-state index contributed by atoms with van der Waals surface area (Å²) in [6.45, 7) is 5.22. The quantitative estimate of drug-likeness (QED) is 0.793. The van der Waals surface area contributed by atoms with E-state index in [-0.39, 0.29) is 6.15 Å². The lowest BCUT2D eigenvalue weighted by Gasteiger charge is -1.95. The molecule has 0 radical (unpaired) electrons. The van der Waals surface area contributed by atoms with Crippen LogP contribution in [0, 0.1) is 0 Å². The molecule has 0 spiro atoms. The molecular weight excluding hydrogens is 174 g/mol. The Morgan fingerprint density at radius 1 is 1.21 bits per heavy atom. The van der Waals surface area contributed by atoms with Gasteiger partial charge in [-0.15, -0.1) is 0 Å². The van der Waals surface area contributed by atoms with Gasteiger partial charge in [-0.05, 0) is 19.4 Å². The van der Waals surface area contributed by atoms with Gasteiger partial charge in [0.05, 0.1) is 11.2 Å². The van der Waals surface area contributed by atoms with Crippen LogP contribution in [0.2, 0.25) is 0 Å². The molecule has 0 fully saturated rings. The molecule has 3 nitrogen and oxygen atoms in total. The van der Waals surface area contributed by atoms with Crippen molar-refractivity contribution in [3.8, 4) is 0 Å². The van der Waals surface area contributed by atoms with Gasteiger partial charge in [0.25, 0.3) is 0 Å². The van der Waals surface area contributed by atoms with Gasteiger partial charge in [0.1, 0.15) is 0 Å². The summed E-state index contributed by atoms with van der Waals surface area (Å²) < 4.78 is 2.06. The van der Waals surface area contributed by atoms with Gasteiger partial charge >= 0.3 is 0 Å². The van der Waals surface area contributed by atoms with Crippen molar-refractivity contribution in [3.63, 3.8) is 0 Å². The summed E-state index contributed by atoms with van der Waals surface area (Å²) in [5.74, 6) is 0. The van der Waals surface area contributed by atoms with Crippen LogP contribution in [0.3, 0.4) is 0 Å². The fourth-order valence-electron chi connectivity index (χ4n) is 1.70. The first kappa shape index (κ1) is 10.7. The molecule has 3 heteroatoms. The molecule has 2 rings (SSSR count). The lowest BCUT2D eigenvalue weighted by atomic mass is 10.2. The number of aryl methyl sites for hydroxylation is 2. The third-order valence-electron chi connectivity index (χ3n) is 2.37. The average molecular weight is 191 g/mol. The molecule has 1 heterocycles. The Labute approximate surface area is 84.3 Å². The molecule has 76 valence electrons. The van der Waals surface area contributed by atoms with E-state index in [1.54, 1.807) is 0 Å². The van der Waals surface area contributed by atoms with Crippen molar-refractivity contribution in [3.05, 3.63) is 30.0 Å². The second-order valence-corrected chi connectivity index (χ2v) is 3.13. The Morgan fingerprint density at radius 3 is 2.57 bits per heavy atom. The molecule has 1 aromatic heterocycles. The molecule has 2 aromatic rings. The number of aromatic nitrogens is 2. The van der Waals surface area contributed by atoms with Crippen LogP contribution in [0.15, 0.2) is 24.3 Å². The lowest BCUT2D eigenvalue weighted by molar-refractivity contribution is 0.670. The summed E-state index contributed by atoms with van der Waals surface area (Å²) >= 11 is 0. The van der Waals surface area contributed by atoms with Crippen LogP contribution in [0.1, 0.15) is 19.5 Å². The van der Waals surface area contributed by atoms with E-state index in [1.165, 1.54) is 16.6 Å². The molecule has 3 N–H and O–H groups in total. The fourth-order valence-corrected chi connectivity index (χ4v) is 1.70. The fraction of sp³-hybridized carbons (Fsp3) is 0.364. The Bertz CT molecular complexity index is 379. The molecular formula is C11H17N3. The maximum Gasteiger partial charge on any atom is 0.0700 e. The minimum Gasteiger partial charge on any atom is -0.344 e. The maximum atomic E-state index is 4.54. The molecule has 0 aliphatic carbocycles. The topological polar surface area (TPSA) is 52.8 Å². The van der Waals surface area contributed by atoms with Crippen LogP contribution in [0.5, 0.6) is 0 Å². The van der Waals surface area contributed by atoms with E-state index in [1.807, 2.05) is 0 Å². The van der Waals surface area contributed by atoms with Crippen molar-refractivity contribution in [2.24, 2.45) is 0 Å². The van der Waals surface area contributed by atoms with Gasteiger partial charge in [-0.2, -0.15) is 5.10 Å². The van der Waals surface area contributed by atoms with Gasteiger partial charge < -0.3 is 6.15 Å². The monoisotopic (exact) mass is 191 g/mol. The summed E-state index contributed by atoms with van der Waals surface area (Å²) in [5, 5.41) is 5.84. The van der Waals surface area contributed by atoms with Gasteiger partial charge in [-0.3, -0.25) is 4.68 Å². The van der Waals surface area contributed by atoms with Crippen molar-refractivity contribution >= 4 is 10.9 Å². The van der Waals surface area contributed by atoms with Gasteiger partial charge in [0.15, 0.2) is 0 Å². The number of rotatable bonds is 2.